The third-order valence-corrected chi connectivity index (χ3v) is 5.75. The molecule has 2 saturated heterocycles. The second-order valence-corrected chi connectivity index (χ2v) is 7.48. The first-order chi connectivity index (χ1) is 13.4. The topological polar surface area (TPSA) is 158 Å². The van der Waals surface area contributed by atoms with Gasteiger partial charge in [0, 0.05) is 18.9 Å². The molecule has 0 spiro atoms. The minimum absolute atomic E-state index is 0.0627. The largest absolute Gasteiger partial charge is 0.394 e. The van der Waals surface area contributed by atoms with Crippen molar-refractivity contribution in [3.05, 3.63) is 0 Å². The van der Waals surface area contributed by atoms with Crippen LogP contribution in [0.5, 0.6) is 0 Å². The fourth-order valence-corrected chi connectivity index (χ4v) is 4.03. The first-order valence-corrected chi connectivity index (χ1v) is 9.71. The van der Waals surface area contributed by atoms with Gasteiger partial charge < -0.3 is 49.6 Å². The van der Waals surface area contributed by atoms with Gasteiger partial charge in [0.05, 0.1) is 57.5 Å². The fourth-order valence-electron chi connectivity index (χ4n) is 4.03. The van der Waals surface area contributed by atoms with Gasteiger partial charge in [0.2, 0.25) is 0 Å². The quantitative estimate of drug-likeness (QED) is 0.235. The van der Waals surface area contributed by atoms with Gasteiger partial charge in [0.25, 0.3) is 0 Å². The number of hydrogen-bond acceptors (Lipinski definition) is 10. The van der Waals surface area contributed by atoms with Gasteiger partial charge in [-0.15, -0.1) is 0 Å². The van der Waals surface area contributed by atoms with E-state index in [0.29, 0.717) is 6.42 Å². The summed E-state index contributed by atoms with van der Waals surface area (Å²) < 4.78 is 21.8. The van der Waals surface area contributed by atoms with Gasteiger partial charge >= 0.3 is 0 Å². The van der Waals surface area contributed by atoms with Crippen molar-refractivity contribution in [1.82, 2.24) is 0 Å². The number of aliphatic hydroxyl groups is 6. The lowest BCUT2D eigenvalue weighted by atomic mass is 9.85. The Balaban J connectivity index is 1.92. The first kappa shape index (κ1) is 23.9. The molecule has 0 amide bonds. The Morgan fingerprint density at radius 2 is 1.18 bits per heavy atom. The summed E-state index contributed by atoms with van der Waals surface area (Å²) in [7, 11) is 1.44. The third-order valence-electron chi connectivity index (χ3n) is 5.75. The first-order valence-electron chi connectivity index (χ1n) is 9.71. The highest BCUT2D eigenvalue weighted by molar-refractivity contribution is 4.93. The molecule has 0 aromatic carbocycles. The van der Waals surface area contributed by atoms with Gasteiger partial charge in [-0.2, -0.15) is 0 Å². The van der Waals surface area contributed by atoms with Crippen molar-refractivity contribution < 1.29 is 49.6 Å². The molecule has 10 heteroatoms. The Hall–Kier alpha value is -0.400. The summed E-state index contributed by atoms with van der Waals surface area (Å²) in [4.78, 5) is 0. The maximum absolute atomic E-state index is 10.4. The van der Waals surface area contributed by atoms with Crippen LogP contribution in [0.25, 0.3) is 0 Å². The third kappa shape index (κ3) is 5.20. The molecular formula is C18H34O10. The highest BCUT2D eigenvalue weighted by Gasteiger charge is 2.45. The Kier molecular flexibility index (Phi) is 9.48. The van der Waals surface area contributed by atoms with Crippen molar-refractivity contribution in [3.63, 3.8) is 0 Å². The highest BCUT2D eigenvalue weighted by Crippen LogP contribution is 2.30. The van der Waals surface area contributed by atoms with E-state index in [4.69, 9.17) is 18.9 Å². The molecule has 0 radical (unpaired) electrons. The minimum atomic E-state index is -1.20. The lowest BCUT2D eigenvalue weighted by Crippen LogP contribution is -2.58. The van der Waals surface area contributed by atoms with Crippen LogP contribution in [0.15, 0.2) is 0 Å². The molecule has 0 aromatic heterocycles. The Labute approximate surface area is 164 Å². The van der Waals surface area contributed by atoms with Crippen LogP contribution in [0.1, 0.15) is 13.3 Å². The SMILES string of the molecule is CC[C@H]1C(CO)O[C@@H](COC[C@H]2C(CO)O[C@@H](COC)C(O)[C@H]2O)C(O)[C@H]1O. The van der Waals surface area contributed by atoms with Crippen LogP contribution in [-0.4, -0.2) is 120 Å². The summed E-state index contributed by atoms with van der Waals surface area (Å²) in [6, 6.07) is 0. The second-order valence-electron chi connectivity index (χ2n) is 7.48. The normalized spacial score (nSPS) is 44.6. The number of ether oxygens (including phenoxy) is 4. The Bertz CT molecular complexity index is 448. The average molecular weight is 410 g/mol. The summed E-state index contributed by atoms with van der Waals surface area (Å²) in [5.41, 5.74) is 0. The van der Waals surface area contributed by atoms with Crippen molar-refractivity contribution >= 4 is 0 Å². The predicted octanol–water partition coefficient (Wildman–Crippen LogP) is -2.75. The smallest absolute Gasteiger partial charge is 0.110 e. The summed E-state index contributed by atoms with van der Waals surface area (Å²) in [6.45, 7) is 1.10. The highest BCUT2D eigenvalue weighted by atomic mass is 16.6. The van der Waals surface area contributed by atoms with Crippen LogP contribution in [0, 0.1) is 11.8 Å². The number of aliphatic hydroxyl groups excluding tert-OH is 6. The number of hydrogen-bond donors (Lipinski definition) is 6. The molecular weight excluding hydrogens is 376 g/mol. The monoisotopic (exact) mass is 410 g/mol. The molecule has 2 aliphatic heterocycles. The molecule has 2 rings (SSSR count). The van der Waals surface area contributed by atoms with Gasteiger partial charge in [0.1, 0.15) is 24.4 Å². The van der Waals surface area contributed by atoms with Crippen molar-refractivity contribution in [1.29, 1.82) is 0 Å². The molecule has 10 atom stereocenters. The zero-order valence-corrected chi connectivity index (χ0v) is 16.3. The van der Waals surface area contributed by atoms with Crippen LogP contribution >= 0.6 is 0 Å². The predicted molar refractivity (Wildman–Crippen MR) is 95.5 cm³/mol. The van der Waals surface area contributed by atoms with E-state index in [1.54, 1.807) is 0 Å². The molecule has 166 valence electrons. The van der Waals surface area contributed by atoms with E-state index < -0.39 is 54.7 Å². The standard InChI is InChI=1S/C18H34O10/c1-3-9-11(4-19)27-14(18(24)15(9)21)8-26-6-10-12(5-20)28-13(7-25-2)17(23)16(10)22/h9-24H,3-8H2,1-2H3/t9-,10-,11?,12?,13-,14-,15-,16-,17?,18?/m0/s1. The van der Waals surface area contributed by atoms with Gasteiger partial charge in [-0.1, -0.05) is 6.92 Å². The maximum atomic E-state index is 10.4. The van der Waals surface area contributed by atoms with Gasteiger partial charge in [-0.3, -0.25) is 0 Å². The van der Waals surface area contributed by atoms with Crippen LogP contribution in [0.4, 0.5) is 0 Å². The molecule has 0 aliphatic carbocycles. The van der Waals surface area contributed by atoms with Crippen molar-refractivity contribution in [3.8, 4) is 0 Å². The average Bonchev–Trinajstić information content (AvgIpc) is 2.70. The van der Waals surface area contributed by atoms with E-state index in [1.165, 1.54) is 7.11 Å². The van der Waals surface area contributed by atoms with E-state index in [0.717, 1.165) is 0 Å². The summed E-state index contributed by atoms with van der Waals surface area (Å²) in [5.74, 6) is -1.08. The number of methoxy groups -OCH3 is 1. The molecule has 0 aromatic rings. The second kappa shape index (κ2) is 11.1. The van der Waals surface area contributed by atoms with Crippen LogP contribution in [0.2, 0.25) is 0 Å². The zero-order chi connectivity index (χ0) is 20.8. The van der Waals surface area contributed by atoms with E-state index in [9.17, 15) is 30.6 Å². The minimum Gasteiger partial charge on any atom is -0.394 e. The van der Waals surface area contributed by atoms with E-state index in [2.05, 4.69) is 0 Å². The molecule has 0 saturated carbocycles. The molecule has 2 fully saturated rings. The van der Waals surface area contributed by atoms with Crippen LogP contribution < -0.4 is 0 Å². The summed E-state index contributed by atoms with van der Waals surface area (Å²) in [6.07, 6.45) is -7.04. The van der Waals surface area contributed by atoms with Crippen LogP contribution in [-0.2, 0) is 18.9 Å². The van der Waals surface area contributed by atoms with Crippen LogP contribution in [0.3, 0.4) is 0 Å². The fraction of sp³-hybridized carbons (Fsp3) is 1.00. The molecule has 6 N–H and O–H groups in total. The molecule has 2 aliphatic rings. The van der Waals surface area contributed by atoms with E-state index in [-0.39, 0.29) is 39.0 Å². The molecule has 4 unspecified atom stereocenters. The zero-order valence-electron chi connectivity index (χ0n) is 16.3. The Morgan fingerprint density at radius 3 is 1.68 bits per heavy atom. The summed E-state index contributed by atoms with van der Waals surface area (Å²) in [5, 5.41) is 60.1. The Morgan fingerprint density at radius 1 is 0.679 bits per heavy atom. The lowest BCUT2D eigenvalue weighted by Gasteiger charge is -2.43. The molecule has 0 bridgehead atoms. The van der Waals surface area contributed by atoms with E-state index in [1.807, 2.05) is 6.92 Å². The number of rotatable bonds is 9. The van der Waals surface area contributed by atoms with Crippen molar-refractivity contribution in [2.45, 2.75) is 62.2 Å². The van der Waals surface area contributed by atoms with Crippen molar-refractivity contribution in [2.75, 3.05) is 40.1 Å². The maximum Gasteiger partial charge on any atom is 0.110 e. The van der Waals surface area contributed by atoms with Gasteiger partial charge in [-0.05, 0) is 6.42 Å². The van der Waals surface area contributed by atoms with E-state index >= 15 is 0 Å². The molecule has 28 heavy (non-hydrogen) atoms. The van der Waals surface area contributed by atoms with Gasteiger partial charge in [0.15, 0.2) is 0 Å². The molecule has 10 nitrogen and oxygen atoms in total. The summed E-state index contributed by atoms with van der Waals surface area (Å²) >= 11 is 0. The van der Waals surface area contributed by atoms with Crippen molar-refractivity contribution in [2.24, 2.45) is 11.8 Å². The lowest BCUT2D eigenvalue weighted by molar-refractivity contribution is -0.239. The van der Waals surface area contributed by atoms with Gasteiger partial charge in [-0.25, -0.2) is 0 Å². The molecule has 2 heterocycles.